The molecule has 2 N–H and O–H groups in total. The van der Waals surface area contributed by atoms with Gasteiger partial charge in [0, 0.05) is 29.7 Å². The lowest BCUT2D eigenvalue weighted by molar-refractivity contribution is -0.114. The number of thioether (sulfide) groups is 1. The van der Waals surface area contributed by atoms with Crippen molar-refractivity contribution in [3.05, 3.63) is 41.2 Å². The number of hydrogen-bond acceptors (Lipinski definition) is 5. The van der Waals surface area contributed by atoms with E-state index >= 15 is 0 Å². The minimum Gasteiger partial charge on any atom is -0.326 e. The smallest absolute Gasteiger partial charge is 0.234 e. The topological polar surface area (TPSA) is 84.0 Å². The van der Waals surface area contributed by atoms with Crippen LogP contribution < -0.4 is 10.6 Å². The first-order chi connectivity index (χ1) is 11.3. The third kappa shape index (κ3) is 5.06. The highest BCUT2D eigenvalue weighted by Gasteiger charge is 2.10. The molecule has 0 atom stereocenters. The van der Waals surface area contributed by atoms with Crippen molar-refractivity contribution in [2.24, 2.45) is 0 Å². The van der Waals surface area contributed by atoms with E-state index in [-0.39, 0.29) is 17.6 Å². The molecule has 0 saturated carbocycles. The molecule has 1 heterocycles. The van der Waals surface area contributed by atoms with Crippen LogP contribution in [0.4, 0.5) is 11.4 Å². The third-order valence-corrected chi connectivity index (χ3v) is 4.06. The molecule has 2 amide bonds. The lowest BCUT2D eigenvalue weighted by Gasteiger charge is -2.12. The van der Waals surface area contributed by atoms with E-state index in [4.69, 9.17) is 0 Å². The quantitative estimate of drug-likeness (QED) is 0.643. The Kier molecular flexibility index (Phi) is 5.92. The molecule has 24 heavy (non-hydrogen) atoms. The summed E-state index contributed by atoms with van der Waals surface area (Å²) in [6.07, 6.45) is 0. The van der Waals surface area contributed by atoms with Gasteiger partial charge in [-0.15, -0.1) is 0 Å². The van der Waals surface area contributed by atoms with Crippen LogP contribution in [0.3, 0.4) is 0 Å². The van der Waals surface area contributed by atoms with E-state index in [0.717, 1.165) is 17.0 Å². The van der Waals surface area contributed by atoms with E-state index in [1.54, 1.807) is 18.2 Å². The van der Waals surface area contributed by atoms with E-state index in [9.17, 15) is 9.59 Å². The van der Waals surface area contributed by atoms with Gasteiger partial charge in [-0.1, -0.05) is 17.8 Å². The van der Waals surface area contributed by atoms with Gasteiger partial charge in [-0.3, -0.25) is 9.59 Å². The summed E-state index contributed by atoms with van der Waals surface area (Å²) < 4.78 is 0. The van der Waals surface area contributed by atoms with Crippen LogP contribution >= 0.6 is 11.8 Å². The Hall–Kier alpha value is -2.41. The van der Waals surface area contributed by atoms with Gasteiger partial charge in [0.05, 0.1) is 5.75 Å². The minimum atomic E-state index is -0.149. The average molecular weight is 344 g/mol. The predicted octanol–water partition coefficient (Wildman–Crippen LogP) is 3.09. The summed E-state index contributed by atoms with van der Waals surface area (Å²) in [4.78, 5) is 32.0. The van der Waals surface area contributed by atoms with Gasteiger partial charge in [0.1, 0.15) is 0 Å². The highest BCUT2D eigenvalue weighted by Crippen LogP contribution is 2.24. The predicted molar refractivity (Wildman–Crippen MR) is 96.3 cm³/mol. The van der Waals surface area contributed by atoms with Crippen molar-refractivity contribution < 1.29 is 9.59 Å². The Balaban J connectivity index is 2.01. The van der Waals surface area contributed by atoms with E-state index in [0.29, 0.717) is 16.5 Å². The maximum Gasteiger partial charge on any atom is 0.234 e. The molecule has 0 aliphatic carbocycles. The monoisotopic (exact) mass is 344 g/mol. The van der Waals surface area contributed by atoms with Gasteiger partial charge < -0.3 is 10.6 Å². The molecule has 0 radical (unpaired) electrons. The Bertz CT molecular complexity index is 757. The number of amides is 2. The second-order valence-corrected chi connectivity index (χ2v) is 6.37. The van der Waals surface area contributed by atoms with E-state index < -0.39 is 0 Å². The maximum atomic E-state index is 12.2. The maximum absolute atomic E-state index is 12.2. The first-order valence-electron chi connectivity index (χ1n) is 7.47. The first kappa shape index (κ1) is 17.9. The van der Waals surface area contributed by atoms with Crippen LogP contribution in [0, 0.1) is 20.8 Å². The van der Waals surface area contributed by atoms with Crippen molar-refractivity contribution in [3.63, 3.8) is 0 Å². The molecule has 6 nitrogen and oxygen atoms in total. The van der Waals surface area contributed by atoms with Crippen molar-refractivity contribution in [1.29, 1.82) is 0 Å². The van der Waals surface area contributed by atoms with Crippen molar-refractivity contribution in [2.45, 2.75) is 32.9 Å². The van der Waals surface area contributed by atoms with E-state index in [1.165, 1.54) is 18.7 Å². The van der Waals surface area contributed by atoms with Gasteiger partial charge in [0.25, 0.3) is 0 Å². The highest BCUT2D eigenvalue weighted by molar-refractivity contribution is 7.99. The number of nitrogens with zero attached hydrogens (tertiary/aromatic N) is 2. The van der Waals surface area contributed by atoms with Gasteiger partial charge in [-0.2, -0.15) is 0 Å². The molecule has 0 unspecified atom stereocenters. The summed E-state index contributed by atoms with van der Waals surface area (Å²) in [7, 11) is 0. The second-order valence-electron chi connectivity index (χ2n) is 5.43. The number of benzene rings is 1. The van der Waals surface area contributed by atoms with Gasteiger partial charge in [0.2, 0.25) is 11.8 Å². The normalized spacial score (nSPS) is 10.3. The third-order valence-electron chi connectivity index (χ3n) is 3.21. The van der Waals surface area contributed by atoms with Crippen molar-refractivity contribution in [2.75, 3.05) is 16.4 Å². The van der Waals surface area contributed by atoms with Crippen LogP contribution in [0.2, 0.25) is 0 Å². The lowest BCUT2D eigenvalue weighted by Crippen LogP contribution is -2.16. The van der Waals surface area contributed by atoms with Crippen LogP contribution in [0.15, 0.2) is 29.4 Å². The number of carbonyl (C=O) groups is 2. The summed E-state index contributed by atoms with van der Waals surface area (Å²) >= 11 is 1.29. The zero-order valence-electron chi connectivity index (χ0n) is 14.1. The fourth-order valence-corrected chi connectivity index (χ4v) is 2.92. The van der Waals surface area contributed by atoms with Crippen molar-refractivity contribution in [1.82, 2.24) is 9.97 Å². The summed E-state index contributed by atoms with van der Waals surface area (Å²) in [5.74, 6) is -0.0814. The van der Waals surface area contributed by atoms with Gasteiger partial charge in [-0.05, 0) is 44.5 Å². The second kappa shape index (κ2) is 7.92. The van der Waals surface area contributed by atoms with Gasteiger partial charge in [-0.25, -0.2) is 9.97 Å². The van der Waals surface area contributed by atoms with Crippen molar-refractivity contribution >= 4 is 35.0 Å². The Morgan fingerprint density at radius 2 is 1.62 bits per heavy atom. The molecule has 7 heteroatoms. The fraction of sp³-hybridized carbons (Fsp3) is 0.294. The largest absolute Gasteiger partial charge is 0.326 e. The SMILES string of the molecule is CC(=O)Nc1cccc(NC(=O)CSc2nc(C)cc(C)n2)c1C. The molecule has 0 aliphatic rings. The molecule has 0 spiro atoms. The van der Waals surface area contributed by atoms with Crippen LogP contribution in [0.1, 0.15) is 23.9 Å². The highest BCUT2D eigenvalue weighted by atomic mass is 32.2. The summed E-state index contributed by atoms with van der Waals surface area (Å²) in [6, 6.07) is 7.27. The van der Waals surface area contributed by atoms with Crippen LogP contribution in [0.25, 0.3) is 0 Å². The molecule has 126 valence electrons. The van der Waals surface area contributed by atoms with E-state index in [2.05, 4.69) is 20.6 Å². The molecular formula is C17H20N4O2S. The van der Waals surface area contributed by atoms with Gasteiger partial charge >= 0.3 is 0 Å². The summed E-state index contributed by atoms with van der Waals surface area (Å²) in [5, 5.41) is 6.19. The van der Waals surface area contributed by atoms with Gasteiger partial charge in [0.15, 0.2) is 5.16 Å². The van der Waals surface area contributed by atoms with Crippen molar-refractivity contribution in [3.8, 4) is 0 Å². The number of anilines is 2. The lowest BCUT2D eigenvalue weighted by atomic mass is 10.1. The number of rotatable bonds is 5. The molecule has 0 saturated heterocycles. The summed E-state index contributed by atoms with van der Waals surface area (Å²) in [5.41, 5.74) is 3.93. The number of carbonyl (C=O) groups excluding carboxylic acids is 2. The first-order valence-corrected chi connectivity index (χ1v) is 8.46. The Morgan fingerprint density at radius 1 is 1.04 bits per heavy atom. The average Bonchev–Trinajstić information content (AvgIpc) is 2.48. The van der Waals surface area contributed by atoms with Crippen LogP contribution in [-0.2, 0) is 9.59 Å². The molecule has 0 fully saturated rings. The zero-order chi connectivity index (χ0) is 17.7. The zero-order valence-corrected chi connectivity index (χ0v) is 15.0. The molecule has 1 aromatic heterocycles. The number of hydrogen-bond donors (Lipinski definition) is 2. The molecule has 2 aromatic rings. The minimum absolute atomic E-state index is 0.147. The number of aryl methyl sites for hydroxylation is 2. The molecule has 2 rings (SSSR count). The van der Waals surface area contributed by atoms with Crippen LogP contribution in [0.5, 0.6) is 0 Å². The fourth-order valence-electron chi connectivity index (χ4n) is 2.17. The molecule has 0 aliphatic heterocycles. The molecule has 1 aromatic carbocycles. The molecular weight excluding hydrogens is 324 g/mol. The number of aromatic nitrogens is 2. The number of nitrogens with one attached hydrogen (secondary N) is 2. The van der Waals surface area contributed by atoms with Crippen LogP contribution in [-0.4, -0.2) is 27.5 Å². The summed E-state index contributed by atoms with van der Waals surface area (Å²) in [6.45, 7) is 7.09. The van der Waals surface area contributed by atoms with E-state index in [1.807, 2.05) is 26.8 Å². The Labute approximate surface area is 145 Å². The standard InChI is InChI=1S/C17H20N4O2S/c1-10-8-11(2)19-17(18-10)24-9-16(23)21-15-7-5-6-14(12(15)3)20-13(4)22/h5-8H,9H2,1-4H3,(H,20,22)(H,21,23). The Morgan fingerprint density at radius 3 is 2.21 bits per heavy atom. The molecule has 0 bridgehead atoms.